The van der Waals surface area contributed by atoms with E-state index in [0.717, 1.165) is 30.0 Å². The third kappa shape index (κ3) is 4.51. The summed E-state index contributed by atoms with van der Waals surface area (Å²) in [7, 11) is -0.685. The second-order valence-electron chi connectivity index (χ2n) is 9.12. The lowest BCUT2D eigenvalue weighted by Gasteiger charge is -2.34. The van der Waals surface area contributed by atoms with E-state index >= 15 is 0 Å². The summed E-state index contributed by atoms with van der Waals surface area (Å²) < 4.78 is 34.3. The normalized spacial score (nSPS) is 17.9. The number of amides is 1. The SMILES string of the molecule is CN(C)S(=O)(=O)c1ccc(N2CCOCC2)c(C(=O)N2CCC(c3nnc4ccccn34)CC2)c1. The summed E-state index contributed by atoms with van der Waals surface area (Å²) >= 11 is 0. The second kappa shape index (κ2) is 9.56. The quantitative estimate of drug-likeness (QED) is 0.529. The van der Waals surface area contributed by atoms with E-state index in [-0.39, 0.29) is 16.7 Å². The molecule has 5 rings (SSSR count). The van der Waals surface area contributed by atoms with Gasteiger partial charge in [0, 0.05) is 58.1 Å². The lowest BCUT2D eigenvalue weighted by atomic mass is 9.95. The van der Waals surface area contributed by atoms with Crippen molar-refractivity contribution in [3.05, 3.63) is 54.0 Å². The van der Waals surface area contributed by atoms with Crippen LogP contribution in [0.3, 0.4) is 0 Å². The maximum absolute atomic E-state index is 13.7. The van der Waals surface area contributed by atoms with Gasteiger partial charge in [-0.15, -0.1) is 10.2 Å². The van der Waals surface area contributed by atoms with Gasteiger partial charge < -0.3 is 14.5 Å². The average molecular weight is 499 g/mol. The van der Waals surface area contributed by atoms with Crippen LogP contribution in [0.2, 0.25) is 0 Å². The van der Waals surface area contributed by atoms with Crippen LogP contribution >= 0.6 is 0 Å². The predicted molar refractivity (Wildman–Crippen MR) is 131 cm³/mol. The molecule has 35 heavy (non-hydrogen) atoms. The van der Waals surface area contributed by atoms with Gasteiger partial charge in [0.15, 0.2) is 5.65 Å². The fourth-order valence-electron chi connectivity index (χ4n) is 4.79. The van der Waals surface area contributed by atoms with Gasteiger partial charge in [0.25, 0.3) is 5.91 Å². The van der Waals surface area contributed by atoms with E-state index in [1.165, 1.54) is 24.5 Å². The molecule has 11 heteroatoms. The summed E-state index contributed by atoms with van der Waals surface area (Å²) in [4.78, 5) is 17.8. The summed E-state index contributed by atoms with van der Waals surface area (Å²) in [6.45, 7) is 3.59. The molecule has 0 bridgehead atoms. The smallest absolute Gasteiger partial charge is 0.256 e. The van der Waals surface area contributed by atoms with Gasteiger partial charge in [-0.25, -0.2) is 12.7 Å². The van der Waals surface area contributed by atoms with Crippen molar-refractivity contribution in [3.63, 3.8) is 0 Å². The Morgan fingerprint density at radius 1 is 1.03 bits per heavy atom. The van der Waals surface area contributed by atoms with E-state index in [9.17, 15) is 13.2 Å². The first-order valence-corrected chi connectivity index (χ1v) is 13.3. The van der Waals surface area contributed by atoms with Crippen molar-refractivity contribution in [1.29, 1.82) is 0 Å². The number of aromatic nitrogens is 3. The van der Waals surface area contributed by atoms with Gasteiger partial charge in [0.2, 0.25) is 10.0 Å². The van der Waals surface area contributed by atoms with Crippen LogP contribution in [-0.2, 0) is 14.8 Å². The molecule has 10 nitrogen and oxygen atoms in total. The van der Waals surface area contributed by atoms with Gasteiger partial charge in [-0.05, 0) is 43.2 Å². The van der Waals surface area contributed by atoms with Crippen molar-refractivity contribution in [2.24, 2.45) is 0 Å². The van der Waals surface area contributed by atoms with E-state index in [0.29, 0.717) is 45.0 Å². The monoisotopic (exact) mass is 498 g/mol. The molecule has 2 aliphatic rings. The molecule has 4 heterocycles. The van der Waals surface area contributed by atoms with Gasteiger partial charge in [-0.1, -0.05) is 6.07 Å². The van der Waals surface area contributed by atoms with Crippen molar-refractivity contribution in [2.45, 2.75) is 23.7 Å². The molecule has 0 N–H and O–H groups in total. The molecule has 2 aromatic heterocycles. The number of hydrogen-bond donors (Lipinski definition) is 0. The zero-order chi connectivity index (χ0) is 24.6. The van der Waals surface area contributed by atoms with Crippen LogP contribution in [0.15, 0.2) is 47.5 Å². The Morgan fingerprint density at radius 2 is 1.77 bits per heavy atom. The molecule has 0 unspecified atom stereocenters. The number of sulfonamides is 1. The number of ether oxygens (including phenoxy) is 1. The van der Waals surface area contributed by atoms with Crippen molar-refractivity contribution in [2.75, 3.05) is 58.4 Å². The molecule has 2 saturated heterocycles. The van der Waals surface area contributed by atoms with E-state index in [4.69, 9.17) is 4.74 Å². The predicted octanol–water partition coefficient (Wildman–Crippen LogP) is 1.84. The fourth-order valence-corrected chi connectivity index (χ4v) is 5.72. The maximum Gasteiger partial charge on any atom is 0.256 e. The minimum absolute atomic E-state index is 0.118. The highest BCUT2D eigenvalue weighted by Gasteiger charge is 2.31. The summed E-state index contributed by atoms with van der Waals surface area (Å²) in [5, 5.41) is 8.66. The number of fused-ring (bicyclic) bond motifs is 1. The molecular formula is C24H30N6O4S. The molecule has 0 atom stereocenters. The number of likely N-dealkylation sites (tertiary alicyclic amines) is 1. The van der Waals surface area contributed by atoms with Gasteiger partial charge in [-0.2, -0.15) is 0 Å². The van der Waals surface area contributed by atoms with E-state index in [1.54, 1.807) is 12.1 Å². The Bertz CT molecular complexity index is 1320. The topological polar surface area (TPSA) is 100 Å². The number of rotatable bonds is 5. The number of hydrogen-bond acceptors (Lipinski definition) is 7. The minimum atomic E-state index is -3.67. The second-order valence-corrected chi connectivity index (χ2v) is 11.3. The molecule has 3 aromatic rings. The van der Waals surface area contributed by atoms with E-state index < -0.39 is 10.0 Å². The molecular weight excluding hydrogens is 468 g/mol. The molecule has 0 radical (unpaired) electrons. The average Bonchev–Trinajstić information content (AvgIpc) is 3.32. The molecule has 2 aliphatic heterocycles. The first-order chi connectivity index (χ1) is 16.9. The molecule has 186 valence electrons. The number of anilines is 1. The third-order valence-corrected chi connectivity index (χ3v) is 8.63. The van der Waals surface area contributed by atoms with Crippen LogP contribution in [0.4, 0.5) is 5.69 Å². The highest BCUT2D eigenvalue weighted by atomic mass is 32.2. The zero-order valence-electron chi connectivity index (χ0n) is 20.0. The fraction of sp³-hybridized carbons (Fsp3) is 0.458. The van der Waals surface area contributed by atoms with Gasteiger partial charge >= 0.3 is 0 Å². The number of carbonyl (C=O) groups is 1. The largest absolute Gasteiger partial charge is 0.378 e. The summed E-state index contributed by atoms with van der Waals surface area (Å²) in [6.07, 6.45) is 3.50. The van der Waals surface area contributed by atoms with Crippen LogP contribution in [0, 0.1) is 0 Å². The van der Waals surface area contributed by atoms with E-state index in [2.05, 4.69) is 15.1 Å². The summed E-state index contributed by atoms with van der Waals surface area (Å²) in [5.74, 6) is 0.975. The van der Waals surface area contributed by atoms with Crippen molar-refractivity contribution in [3.8, 4) is 0 Å². The third-order valence-electron chi connectivity index (χ3n) is 6.82. The van der Waals surface area contributed by atoms with Gasteiger partial charge in [0.1, 0.15) is 5.82 Å². The van der Waals surface area contributed by atoms with Crippen molar-refractivity contribution in [1.82, 2.24) is 23.8 Å². The van der Waals surface area contributed by atoms with Crippen LogP contribution in [0.5, 0.6) is 0 Å². The zero-order valence-corrected chi connectivity index (χ0v) is 20.8. The first kappa shape index (κ1) is 23.7. The number of pyridine rings is 1. The van der Waals surface area contributed by atoms with Crippen LogP contribution < -0.4 is 4.90 Å². The Kier molecular flexibility index (Phi) is 6.47. The minimum Gasteiger partial charge on any atom is -0.378 e. The lowest BCUT2D eigenvalue weighted by molar-refractivity contribution is 0.0710. The standard InChI is InChI=1S/C24H30N6O4S/c1-27(2)35(32,33)19-6-7-21(28-13-15-34-16-14-28)20(17-19)24(31)29-11-8-18(9-12-29)23-26-25-22-5-3-4-10-30(22)23/h3-7,10,17-18H,8-9,11-16H2,1-2H3. The van der Waals surface area contributed by atoms with Gasteiger partial charge in [-0.3, -0.25) is 9.20 Å². The number of benzene rings is 1. The number of morpholine rings is 1. The summed E-state index contributed by atoms with van der Waals surface area (Å²) in [6, 6.07) is 10.7. The molecule has 0 spiro atoms. The van der Waals surface area contributed by atoms with Crippen LogP contribution in [0.25, 0.3) is 5.65 Å². The molecule has 1 amide bonds. The number of nitrogens with zero attached hydrogens (tertiary/aromatic N) is 6. The number of carbonyl (C=O) groups excluding carboxylic acids is 1. The Morgan fingerprint density at radius 3 is 2.49 bits per heavy atom. The van der Waals surface area contributed by atoms with Crippen molar-refractivity contribution < 1.29 is 17.9 Å². The Hall–Kier alpha value is -3.02. The van der Waals surface area contributed by atoms with Crippen LogP contribution in [0.1, 0.15) is 34.9 Å². The molecule has 0 saturated carbocycles. The molecule has 2 fully saturated rings. The lowest BCUT2D eigenvalue weighted by Crippen LogP contribution is -2.41. The number of piperidine rings is 1. The molecule has 0 aliphatic carbocycles. The maximum atomic E-state index is 13.7. The van der Waals surface area contributed by atoms with Crippen LogP contribution in [-0.4, -0.2) is 91.6 Å². The van der Waals surface area contributed by atoms with Crippen molar-refractivity contribution >= 4 is 27.3 Å². The van der Waals surface area contributed by atoms with E-state index in [1.807, 2.05) is 33.7 Å². The Labute approximate surface area is 205 Å². The Balaban J connectivity index is 1.40. The highest BCUT2D eigenvalue weighted by Crippen LogP contribution is 2.31. The molecule has 1 aromatic carbocycles. The van der Waals surface area contributed by atoms with Gasteiger partial charge in [0.05, 0.1) is 23.7 Å². The first-order valence-electron chi connectivity index (χ1n) is 11.8. The summed E-state index contributed by atoms with van der Waals surface area (Å²) in [5.41, 5.74) is 1.98. The highest BCUT2D eigenvalue weighted by molar-refractivity contribution is 7.89.